The van der Waals surface area contributed by atoms with Gasteiger partial charge in [-0.3, -0.25) is 19.4 Å². The molecule has 0 saturated heterocycles. The largest absolute Gasteiger partial charge is 0.497 e. The van der Waals surface area contributed by atoms with E-state index in [1.54, 1.807) is 20.1 Å². The fourth-order valence-electron chi connectivity index (χ4n) is 3.90. The molecule has 2 aromatic rings. The van der Waals surface area contributed by atoms with E-state index in [9.17, 15) is 9.59 Å². The maximum absolute atomic E-state index is 12.8. The minimum absolute atomic E-state index is 0.000602. The number of rotatable bonds is 9. The molecule has 2 amide bonds. The smallest absolute Gasteiger partial charge is 0.268 e. The van der Waals surface area contributed by atoms with Crippen molar-refractivity contribution in [1.29, 1.82) is 0 Å². The summed E-state index contributed by atoms with van der Waals surface area (Å²) in [5.41, 5.74) is 1.69. The maximum atomic E-state index is 12.8. The summed E-state index contributed by atoms with van der Waals surface area (Å²) >= 11 is 0. The molecular weight excluding hydrogens is 394 g/mol. The maximum Gasteiger partial charge on any atom is 0.268 e. The van der Waals surface area contributed by atoms with Gasteiger partial charge in [0.05, 0.1) is 18.8 Å². The Hall–Kier alpha value is -3.06. The third-order valence-electron chi connectivity index (χ3n) is 5.60. The number of nitrogens with zero attached hydrogens (tertiary/aromatic N) is 2. The normalized spacial score (nSPS) is 16.5. The number of para-hydroxylation sites is 2. The lowest BCUT2D eigenvalue weighted by Crippen LogP contribution is -2.49. The molecule has 0 fully saturated rings. The van der Waals surface area contributed by atoms with Gasteiger partial charge in [-0.15, -0.1) is 0 Å². The summed E-state index contributed by atoms with van der Waals surface area (Å²) in [6.45, 7) is 7.98. The van der Waals surface area contributed by atoms with Crippen LogP contribution in [0.15, 0.2) is 48.5 Å². The zero-order chi connectivity index (χ0) is 22.4. The molecule has 0 aliphatic carbocycles. The molecule has 0 radical (unpaired) electrons. The minimum Gasteiger partial charge on any atom is -0.497 e. The van der Waals surface area contributed by atoms with Gasteiger partial charge in [0.25, 0.3) is 5.91 Å². The van der Waals surface area contributed by atoms with Crippen LogP contribution in [0.1, 0.15) is 32.4 Å². The summed E-state index contributed by atoms with van der Waals surface area (Å²) in [5.74, 6) is 0.963. The zero-order valence-corrected chi connectivity index (χ0v) is 18.6. The number of likely N-dealkylation sites (N-methyl/N-ethyl adjacent to an activating group) is 1. The van der Waals surface area contributed by atoms with Crippen molar-refractivity contribution in [2.75, 3.05) is 38.2 Å². The highest BCUT2D eigenvalue weighted by molar-refractivity contribution is 6.03. The Kier molecular flexibility index (Phi) is 7.52. The van der Waals surface area contributed by atoms with Gasteiger partial charge >= 0.3 is 0 Å². The van der Waals surface area contributed by atoms with Gasteiger partial charge in [0, 0.05) is 6.54 Å². The third kappa shape index (κ3) is 5.17. The fourth-order valence-corrected chi connectivity index (χ4v) is 3.90. The van der Waals surface area contributed by atoms with Crippen molar-refractivity contribution < 1.29 is 19.1 Å². The third-order valence-corrected chi connectivity index (χ3v) is 5.60. The highest BCUT2D eigenvalue weighted by atomic mass is 16.5. The second-order valence-corrected chi connectivity index (χ2v) is 7.47. The lowest BCUT2D eigenvalue weighted by Gasteiger charge is -2.33. The molecule has 3 rings (SSSR count). The van der Waals surface area contributed by atoms with E-state index in [1.807, 2.05) is 42.5 Å². The monoisotopic (exact) mass is 425 g/mol. The average Bonchev–Trinajstić information content (AvgIpc) is 2.79. The fraction of sp³-hybridized carbons (Fsp3) is 0.417. The molecule has 7 nitrogen and oxygen atoms in total. The van der Waals surface area contributed by atoms with Gasteiger partial charge in [-0.1, -0.05) is 38.1 Å². The van der Waals surface area contributed by atoms with Crippen molar-refractivity contribution in [3.05, 3.63) is 54.1 Å². The van der Waals surface area contributed by atoms with Gasteiger partial charge in [-0.2, -0.15) is 0 Å². The van der Waals surface area contributed by atoms with Crippen molar-refractivity contribution in [3.63, 3.8) is 0 Å². The van der Waals surface area contributed by atoms with E-state index in [2.05, 4.69) is 24.1 Å². The van der Waals surface area contributed by atoms with E-state index in [4.69, 9.17) is 9.47 Å². The van der Waals surface area contributed by atoms with Crippen LogP contribution >= 0.6 is 0 Å². The molecule has 31 heavy (non-hydrogen) atoms. The molecule has 1 heterocycles. The summed E-state index contributed by atoms with van der Waals surface area (Å²) in [4.78, 5) is 29.3. The summed E-state index contributed by atoms with van der Waals surface area (Å²) in [5, 5.41) is 3.03. The summed E-state index contributed by atoms with van der Waals surface area (Å²) in [6, 6.07) is 15.2. The van der Waals surface area contributed by atoms with E-state index in [0.29, 0.717) is 18.0 Å². The summed E-state index contributed by atoms with van der Waals surface area (Å²) in [6.07, 6.45) is -0.622. The number of methoxy groups -OCH3 is 1. The molecule has 1 aliphatic rings. The van der Waals surface area contributed by atoms with Crippen molar-refractivity contribution in [2.45, 2.75) is 32.9 Å². The molecule has 1 aliphatic heterocycles. The number of amides is 2. The standard InChI is InChI=1S/C24H31N3O4/c1-5-26(6-2)21(18-10-9-11-19(14-18)30-4)15-25-23(28)16-27-20-12-7-8-13-22(20)31-17(3)24(27)29/h7-14,17,21H,5-6,15-16H2,1-4H3,(H,25,28). The van der Waals surface area contributed by atoms with Crippen LogP contribution in [0.3, 0.4) is 0 Å². The van der Waals surface area contributed by atoms with Crippen LogP contribution in [0.2, 0.25) is 0 Å². The van der Waals surface area contributed by atoms with Crippen molar-refractivity contribution in [3.8, 4) is 11.5 Å². The molecule has 2 aromatic carbocycles. The first-order valence-electron chi connectivity index (χ1n) is 10.7. The Labute approximate surface area is 183 Å². The molecule has 0 saturated carbocycles. The average molecular weight is 426 g/mol. The Morgan fingerprint density at radius 3 is 2.65 bits per heavy atom. The Bertz CT molecular complexity index is 913. The van der Waals surface area contributed by atoms with Gasteiger partial charge in [-0.25, -0.2) is 0 Å². The number of carbonyl (C=O) groups is 2. The highest BCUT2D eigenvalue weighted by Crippen LogP contribution is 2.33. The lowest BCUT2D eigenvalue weighted by atomic mass is 10.0. The SMILES string of the molecule is CCN(CC)C(CNC(=O)CN1C(=O)C(C)Oc2ccccc21)c1cccc(OC)c1. The quantitative estimate of drug-likeness (QED) is 0.669. The summed E-state index contributed by atoms with van der Waals surface area (Å²) in [7, 11) is 1.64. The van der Waals surface area contributed by atoms with Crippen LogP contribution in [0.25, 0.3) is 0 Å². The van der Waals surface area contributed by atoms with Gasteiger partial charge < -0.3 is 14.8 Å². The first kappa shape index (κ1) is 22.6. The number of fused-ring (bicyclic) bond motifs is 1. The number of hydrogen-bond donors (Lipinski definition) is 1. The van der Waals surface area contributed by atoms with E-state index in [1.165, 1.54) is 4.90 Å². The Morgan fingerprint density at radius 1 is 1.19 bits per heavy atom. The Balaban J connectivity index is 1.73. The molecule has 7 heteroatoms. The number of benzene rings is 2. The molecular formula is C24H31N3O4. The van der Waals surface area contributed by atoms with Crippen molar-refractivity contribution >= 4 is 17.5 Å². The number of carbonyl (C=O) groups excluding carboxylic acids is 2. The number of hydrogen-bond acceptors (Lipinski definition) is 5. The van der Waals surface area contributed by atoms with E-state index in [-0.39, 0.29) is 24.4 Å². The van der Waals surface area contributed by atoms with Gasteiger partial charge in [0.15, 0.2) is 6.10 Å². The van der Waals surface area contributed by atoms with Gasteiger partial charge in [-0.05, 0) is 49.8 Å². The minimum atomic E-state index is -0.622. The van der Waals surface area contributed by atoms with Crippen LogP contribution in [0.4, 0.5) is 5.69 Å². The first-order valence-corrected chi connectivity index (χ1v) is 10.7. The Morgan fingerprint density at radius 2 is 1.94 bits per heavy atom. The topological polar surface area (TPSA) is 71.1 Å². The molecule has 2 unspecified atom stereocenters. The molecule has 1 N–H and O–H groups in total. The van der Waals surface area contributed by atoms with Crippen LogP contribution in [0, 0.1) is 0 Å². The van der Waals surface area contributed by atoms with Gasteiger partial charge in [0.1, 0.15) is 18.0 Å². The predicted molar refractivity (Wildman–Crippen MR) is 121 cm³/mol. The number of anilines is 1. The molecule has 166 valence electrons. The molecule has 0 bridgehead atoms. The van der Waals surface area contributed by atoms with Crippen LogP contribution in [-0.2, 0) is 9.59 Å². The van der Waals surface area contributed by atoms with E-state index in [0.717, 1.165) is 24.4 Å². The first-order chi connectivity index (χ1) is 15.0. The second-order valence-electron chi connectivity index (χ2n) is 7.47. The summed E-state index contributed by atoms with van der Waals surface area (Å²) < 4.78 is 11.0. The molecule has 2 atom stereocenters. The van der Waals surface area contributed by atoms with Crippen LogP contribution in [-0.4, -0.2) is 56.1 Å². The van der Waals surface area contributed by atoms with Crippen molar-refractivity contribution in [2.24, 2.45) is 0 Å². The molecule has 0 aromatic heterocycles. The predicted octanol–water partition coefficient (Wildman–Crippen LogP) is 3.01. The van der Waals surface area contributed by atoms with E-state index < -0.39 is 6.10 Å². The van der Waals surface area contributed by atoms with Gasteiger partial charge in [0.2, 0.25) is 5.91 Å². The molecule has 0 spiro atoms. The number of ether oxygens (including phenoxy) is 2. The second kappa shape index (κ2) is 10.3. The van der Waals surface area contributed by atoms with E-state index >= 15 is 0 Å². The highest BCUT2D eigenvalue weighted by Gasteiger charge is 2.32. The van der Waals surface area contributed by atoms with Crippen LogP contribution < -0.4 is 19.7 Å². The number of nitrogens with one attached hydrogen (secondary N) is 1. The van der Waals surface area contributed by atoms with Crippen molar-refractivity contribution in [1.82, 2.24) is 10.2 Å². The zero-order valence-electron chi connectivity index (χ0n) is 18.6. The lowest BCUT2D eigenvalue weighted by molar-refractivity contribution is -0.128. The van der Waals surface area contributed by atoms with Crippen LogP contribution in [0.5, 0.6) is 11.5 Å².